The minimum absolute atomic E-state index is 0.0431. The molecule has 0 amide bonds. The van der Waals surface area contributed by atoms with Gasteiger partial charge in [0, 0.05) is 13.8 Å². The van der Waals surface area contributed by atoms with Crippen molar-refractivity contribution >= 4 is 0 Å². The number of rotatable bonds is 11. The molecule has 8 aliphatic rings. The lowest BCUT2D eigenvalue weighted by Crippen LogP contribution is -2.64. The highest BCUT2D eigenvalue weighted by Crippen LogP contribution is 2.66. The molecule has 2 N–H and O–H groups in total. The molecule has 0 heterocycles. The van der Waals surface area contributed by atoms with Crippen LogP contribution >= 0.6 is 0 Å². The van der Waals surface area contributed by atoms with Crippen LogP contribution in [0.2, 0.25) is 0 Å². The van der Waals surface area contributed by atoms with Crippen LogP contribution in [0.15, 0.2) is 0 Å². The van der Waals surface area contributed by atoms with Crippen molar-refractivity contribution in [1.82, 2.24) is 0 Å². The van der Waals surface area contributed by atoms with Crippen molar-refractivity contribution in [3.8, 4) is 0 Å². The molecule has 8 heteroatoms. The summed E-state index contributed by atoms with van der Waals surface area (Å²) in [5, 5.41) is 22.5. The summed E-state index contributed by atoms with van der Waals surface area (Å²) in [6.45, 7) is 10.3. The average molecular weight is 619 g/mol. The quantitative estimate of drug-likeness (QED) is 0.230. The van der Waals surface area contributed by atoms with Gasteiger partial charge in [-0.2, -0.15) is 0 Å². The Bertz CT molecular complexity index is 942. The van der Waals surface area contributed by atoms with E-state index in [1.165, 1.54) is 0 Å². The summed E-state index contributed by atoms with van der Waals surface area (Å²) >= 11 is 0. The predicted molar refractivity (Wildman–Crippen MR) is 159 cm³/mol. The minimum atomic E-state index is -2.75. The van der Waals surface area contributed by atoms with Gasteiger partial charge in [0.1, 0.15) is 13.2 Å². The molecule has 8 bridgehead atoms. The highest BCUT2D eigenvalue weighted by atomic mass is 19.3. The fourth-order valence-corrected chi connectivity index (χ4v) is 11.7. The first-order valence-electron chi connectivity index (χ1n) is 17.2. The molecule has 0 aromatic rings. The molecule has 0 aliphatic heterocycles. The summed E-state index contributed by atoms with van der Waals surface area (Å²) in [6.07, 6.45) is 11.5. The first kappa shape index (κ1) is 33.9. The number of halogens is 4. The van der Waals surface area contributed by atoms with Crippen molar-refractivity contribution in [3.63, 3.8) is 0 Å². The van der Waals surface area contributed by atoms with Gasteiger partial charge in [0.2, 0.25) is 0 Å². The lowest BCUT2D eigenvalue weighted by Gasteiger charge is -2.65. The maximum absolute atomic E-state index is 13.0. The average Bonchev–Trinajstić information content (AvgIpc) is 2.87. The first-order valence-corrected chi connectivity index (χ1v) is 17.2. The van der Waals surface area contributed by atoms with Gasteiger partial charge in [-0.25, -0.2) is 17.6 Å². The van der Waals surface area contributed by atoms with Gasteiger partial charge in [0.15, 0.2) is 0 Å². The molecule has 250 valence electrons. The van der Waals surface area contributed by atoms with E-state index < -0.39 is 36.3 Å². The molecule has 0 aromatic carbocycles. The van der Waals surface area contributed by atoms with E-state index in [2.05, 4.69) is 27.7 Å². The van der Waals surface area contributed by atoms with E-state index in [-0.39, 0.29) is 16.7 Å². The van der Waals surface area contributed by atoms with Crippen molar-refractivity contribution in [2.45, 2.75) is 135 Å². The molecule has 4 nitrogen and oxygen atoms in total. The lowest BCUT2D eigenvalue weighted by molar-refractivity contribution is -0.235. The number of hydrogen-bond acceptors (Lipinski definition) is 4. The number of alkyl halides is 4. The third-order valence-electron chi connectivity index (χ3n) is 13.1. The SMILES string of the molecule is CC(C)C1(O)C2CC3CC1CC(COCC(C)(F)F)(C3)C2.CCC(C)C1(O)C2CC3CC1CC(COCC(C)(F)F)(C3)C2. The van der Waals surface area contributed by atoms with Crippen molar-refractivity contribution in [2.75, 3.05) is 26.4 Å². The second-order valence-corrected chi connectivity index (χ2v) is 17.1. The van der Waals surface area contributed by atoms with Gasteiger partial charge < -0.3 is 19.7 Å². The van der Waals surface area contributed by atoms with Gasteiger partial charge in [-0.05, 0) is 122 Å². The fraction of sp³-hybridized carbons (Fsp3) is 1.00. The zero-order valence-electron chi connectivity index (χ0n) is 27.4. The van der Waals surface area contributed by atoms with Crippen molar-refractivity contribution in [1.29, 1.82) is 0 Å². The molecule has 0 spiro atoms. The molecule has 8 rings (SSSR count). The van der Waals surface area contributed by atoms with Gasteiger partial charge in [-0.1, -0.05) is 34.1 Å². The maximum Gasteiger partial charge on any atom is 0.268 e. The summed E-state index contributed by atoms with van der Waals surface area (Å²) in [7, 11) is 0. The van der Waals surface area contributed by atoms with E-state index in [1.807, 2.05) is 0 Å². The standard InChI is InChI=1S/C18H30F2O2.C17H28F2O2/c1-4-12(2)18(21)14-5-13-6-15(18)9-17(7-13,8-14)11-22-10-16(3,19)20;1-11(2)17(20)13-4-12-5-14(17)8-16(6-12,7-13)10-21-9-15(3,18)19/h12-15,21H,4-11H2,1-3H3;11-14,20H,4-10H2,1-3H3. The molecule has 8 fully saturated rings. The topological polar surface area (TPSA) is 58.9 Å². The first-order chi connectivity index (χ1) is 19.8. The number of ether oxygens (including phenoxy) is 2. The molecular weight excluding hydrogens is 560 g/mol. The Labute approximate surface area is 257 Å². The van der Waals surface area contributed by atoms with Crippen LogP contribution < -0.4 is 0 Å². The van der Waals surface area contributed by atoms with Gasteiger partial charge in [-0.3, -0.25) is 0 Å². The van der Waals surface area contributed by atoms with Gasteiger partial charge in [-0.15, -0.1) is 0 Å². The zero-order chi connectivity index (χ0) is 31.6. The van der Waals surface area contributed by atoms with E-state index in [1.54, 1.807) is 0 Å². The molecule has 8 saturated carbocycles. The molecule has 43 heavy (non-hydrogen) atoms. The van der Waals surface area contributed by atoms with Crippen LogP contribution in [0.1, 0.15) is 112 Å². The monoisotopic (exact) mass is 618 g/mol. The fourth-order valence-electron chi connectivity index (χ4n) is 11.7. The van der Waals surface area contributed by atoms with Crippen LogP contribution in [0.5, 0.6) is 0 Å². The lowest BCUT2D eigenvalue weighted by atomic mass is 9.43. The molecular formula is C35H58F4O4. The van der Waals surface area contributed by atoms with E-state index >= 15 is 0 Å². The second-order valence-electron chi connectivity index (χ2n) is 17.1. The third kappa shape index (κ3) is 6.56. The van der Waals surface area contributed by atoms with E-state index in [0.29, 0.717) is 54.6 Å². The predicted octanol–water partition coefficient (Wildman–Crippen LogP) is 8.13. The van der Waals surface area contributed by atoms with Gasteiger partial charge >= 0.3 is 0 Å². The Morgan fingerprint density at radius 2 is 1.00 bits per heavy atom. The summed E-state index contributed by atoms with van der Waals surface area (Å²) < 4.78 is 62.7. The summed E-state index contributed by atoms with van der Waals surface area (Å²) in [4.78, 5) is 0. The molecule has 5 unspecified atom stereocenters. The maximum atomic E-state index is 13.0. The molecule has 0 radical (unpaired) electrons. The summed E-state index contributed by atoms with van der Waals surface area (Å²) in [5.74, 6) is -2.27. The van der Waals surface area contributed by atoms with Crippen molar-refractivity contribution in [2.24, 2.45) is 58.2 Å². The van der Waals surface area contributed by atoms with Crippen LogP contribution in [-0.4, -0.2) is 59.7 Å². The van der Waals surface area contributed by atoms with E-state index in [9.17, 15) is 27.8 Å². The smallest absolute Gasteiger partial charge is 0.268 e. The molecule has 5 atom stereocenters. The largest absolute Gasteiger partial charge is 0.389 e. The van der Waals surface area contributed by atoms with Gasteiger partial charge in [0.05, 0.1) is 24.4 Å². The van der Waals surface area contributed by atoms with Crippen LogP contribution in [0.3, 0.4) is 0 Å². The highest BCUT2D eigenvalue weighted by molar-refractivity contribution is 5.14. The zero-order valence-corrected chi connectivity index (χ0v) is 27.4. The Kier molecular flexibility index (Phi) is 9.20. The van der Waals surface area contributed by atoms with Crippen LogP contribution in [0.25, 0.3) is 0 Å². The van der Waals surface area contributed by atoms with Crippen molar-refractivity contribution in [3.05, 3.63) is 0 Å². The number of hydrogen-bond donors (Lipinski definition) is 2. The Morgan fingerprint density at radius 3 is 1.30 bits per heavy atom. The third-order valence-corrected chi connectivity index (χ3v) is 13.1. The normalized spacial score (nSPS) is 45.4. The minimum Gasteiger partial charge on any atom is -0.389 e. The van der Waals surface area contributed by atoms with Crippen LogP contribution in [0, 0.1) is 58.2 Å². The molecule has 8 aliphatic carbocycles. The Morgan fingerprint density at radius 1 is 0.651 bits per heavy atom. The second kappa shape index (κ2) is 11.7. The highest BCUT2D eigenvalue weighted by Gasteiger charge is 2.64. The number of aliphatic hydroxyl groups is 2. The van der Waals surface area contributed by atoms with E-state index in [4.69, 9.17) is 9.47 Å². The summed E-state index contributed by atoms with van der Waals surface area (Å²) in [6, 6.07) is 0. The molecule has 0 saturated heterocycles. The van der Waals surface area contributed by atoms with Gasteiger partial charge in [0.25, 0.3) is 11.8 Å². The summed E-state index contributed by atoms with van der Waals surface area (Å²) in [5.41, 5.74) is -0.997. The Balaban J connectivity index is 0.000000171. The molecule has 0 aromatic heterocycles. The Hall–Kier alpha value is -0.440. The van der Waals surface area contributed by atoms with E-state index in [0.717, 1.165) is 84.5 Å². The van der Waals surface area contributed by atoms with Crippen LogP contribution in [0.4, 0.5) is 17.6 Å². The van der Waals surface area contributed by atoms with Crippen LogP contribution in [-0.2, 0) is 9.47 Å². The van der Waals surface area contributed by atoms with Crippen molar-refractivity contribution < 1.29 is 37.2 Å².